The summed E-state index contributed by atoms with van der Waals surface area (Å²) in [4.78, 5) is 5.68. The summed E-state index contributed by atoms with van der Waals surface area (Å²) >= 11 is 1.77. The van der Waals surface area contributed by atoms with Gasteiger partial charge in [0.05, 0.1) is 6.10 Å². The molecular formula is C13H22IN3OS. The fourth-order valence-electron chi connectivity index (χ4n) is 2.03. The summed E-state index contributed by atoms with van der Waals surface area (Å²) in [7, 11) is 0. The molecule has 1 atom stereocenters. The van der Waals surface area contributed by atoms with Crippen LogP contribution in [0.25, 0.3) is 0 Å². The van der Waals surface area contributed by atoms with Gasteiger partial charge in [-0.3, -0.25) is 4.99 Å². The molecule has 1 aromatic heterocycles. The van der Waals surface area contributed by atoms with Crippen LogP contribution < -0.4 is 11.1 Å². The van der Waals surface area contributed by atoms with Crippen molar-refractivity contribution in [3.63, 3.8) is 0 Å². The molecule has 6 heteroatoms. The number of guanidine groups is 1. The minimum Gasteiger partial charge on any atom is -0.378 e. The highest BCUT2D eigenvalue weighted by molar-refractivity contribution is 14.0. The third kappa shape index (κ3) is 6.58. The van der Waals surface area contributed by atoms with Crippen molar-refractivity contribution in [3.8, 4) is 0 Å². The molecule has 1 unspecified atom stereocenters. The largest absolute Gasteiger partial charge is 0.378 e. The van der Waals surface area contributed by atoms with Gasteiger partial charge in [0.25, 0.3) is 0 Å². The highest BCUT2D eigenvalue weighted by Gasteiger charge is 2.14. The van der Waals surface area contributed by atoms with Gasteiger partial charge in [-0.05, 0) is 37.1 Å². The summed E-state index contributed by atoms with van der Waals surface area (Å²) in [6.07, 6.45) is 4.73. The van der Waals surface area contributed by atoms with Crippen LogP contribution in [0, 0.1) is 0 Å². The lowest BCUT2D eigenvalue weighted by Crippen LogP contribution is -2.33. The van der Waals surface area contributed by atoms with Crippen LogP contribution in [0.5, 0.6) is 0 Å². The maximum Gasteiger partial charge on any atom is 0.188 e. The van der Waals surface area contributed by atoms with Crippen LogP contribution in [-0.2, 0) is 11.2 Å². The van der Waals surface area contributed by atoms with Crippen LogP contribution in [-0.4, -0.2) is 31.8 Å². The molecule has 0 aromatic carbocycles. The average Bonchev–Trinajstić information content (AvgIpc) is 3.01. The predicted molar refractivity (Wildman–Crippen MR) is 91.5 cm³/mol. The number of thiophene rings is 1. The number of rotatable bonds is 6. The molecule has 4 nitrogen and oxygen atoms in total. The molecule has 0 aliphatic carbocycles. The Morgan fingerprint density at radius 1 is 1.58 bits per heavy atom. The monoisotopic (exact) mass is 395 g/mol. The molecule has 1 aliphatic rings. The third-order valence-electron chi connectivity index (χ3n) is 3.01. The summed E-state index contributed by atoms with van der Waals surface area (Å²) in [5.41, 5.74) is 5.80. The minimum atomic E-state index is 0. The molecule has 1 fully saturated rings. The maximum atomic E-state index is 5.80. The summed E-state index contributed by atoms with van der Waals surface area (Å²) in [5, 5.41) is 5.23. The van der Waals surface area contributed by atoms with E-state index in [2.05, 4.69) is 27.8 Å². The molecule has 0 radical (unpaired) electrons. The van der Waals surface area contributed by atoms with Gasteiger partial charge in [0.15, 0.2) is 5.96 Å². The predicted octanol–water partition coefficient (Wildman–Crippen LogP) is 2.38. The van der Waals surface area contributed by atoms with Crippen molar-refractivity contribution in [1.29, 1.82) is 0 Å². The summed E-state index contributed by atoms with van der Waals surface area (Å²) in [6.45, 7) is 2.50. The van der Waals surface area contributed by atoms with Gasteiger partial charge in [0, 0.05) is 24.6 Å². The number of hydrogen-bond donors (Lipinski definition) is 2. The lowest BCUT2D eigenvalue weighted by atomic mass is 10.2. The zero-order valence-electron chi connectivity index (χ0n) is 11.0. The molecule has 0 amide bonds. The first kappa shape index (κ1) is 16.7. The number of aliphatic imine (C=N–C) groups is 1. The van der Waals surface area contributed by atoms with Crippen molar-refractivity contribution in [2.45, 2.75) is 31.8 Å². The van der Waals surface area contributed by atoms with E-state index in [1.165, 1.54) is 17.7 Å². The number of halogens is 1. The summed E-state index contributed by atoms with van der Waals surface area (Å²) in [6, 6.07) is 4.20. The normalized spacial score (nSPS) is 19.2. The van der Waals surface area contributed by atoms with E-state index in [4.69, 9.17) is 10.5 Å². The van der Waals surface area contributed by atoms with E-state index in [1.807, 2.05) is 0 Å². The topological polar surface area (TPSA) is 59.6 Å². The van der Waals surface area contributed by atoms with Gasteiger partial charge < -0.3 is 15.8 Å². The molecule has 0 bridgehead atoms. The minimum absolute atomic E-state index is 0. The van der Waals surface area contributed by atoms with Gasteiger partial charge in [-0.25, -0.2) is 0 Å². The molecule has 19 heavy (non-hydrogen) atoms. The Bertz CT molecular complexity index is 364. The average molecular weight is 395 g/mol. The van der Waals surface area contributed by atoms with Crippen LogP contribution in [0.4, 0.5) is 0 Å². The van der Waals surface area contributed by atoms with E-state index in [1.54, 1.807) is 11.3 Å². The number of ether oxygens (including phenoxy) is 1. The SMILES string of the molecule is I.NC(=NCCC1CCCO1)NCCc1cccs1. The second-order valence-corrected chi connectivity index (χ2v) is 5.48. The van der Waals surface area contributed by atoms with Crippen LogP contribution in [0.1, 0.15) is 24.1 Å². The number of nitrogens with two attached hydrogens (primary N) is 1. The smallest absolute Gasteiger partial charge is 0.188 e. The second kappa shape index (κ2) is 9.55. The van der Waals surface area contributed by atoms with Gasteiger partial charge in [0.1, 0.15) is 0 Å². The summed E-state index contributed by atoms with van der Waals surface area (Å²) in [5.74, 6) is 0.546. The second-order valence-electron chi connectivity index (χ2n) is 4.45. The van der Waals surface area contributed by atoms with E-state index in [0.29, 0.717) is 12.1 Å². The van der Waals surface area contributed by atoms with Crippen LogP contribution in [0.3, 0.4) is 0 Å². The van der Waals surface area contributed by atoms with Crippen molar-refractivity contribution in [3.05, 3.63) is 22.4 Å². The van der Waals surface area contributed by atoms with E-state index in [-0.39, 0.29) is 24.0 Å². The van der Waals surface area contributed by atoms with Crippen LogP contribution in [0.15, 0.2) is 22.5 Å². The van der Waals surface area contributed by atoms with Gasteiger partial charge in [-0.2, -0.15) is 0 Å². The highest BCUT2D eigenvalue weighted by atomic mass is 127. The maximum absolute atomic E-state index is 5.80. The third-order valence-corrected chi connectivity index (χ3v) is 3.95. The van der Waals surface area contributed by atoms with Crippen LogP contribution in [0.2, 0.25) is 0 Å². The van der Waals surface area contributed by atoms with Gasteiger partial charge in [0.2, 0.25) is 0 Å². The van der Waals surface area contributed by atoms with E-state index < -0.39 is 0 Å². The van der Waals surface area contributed by atoms with Gasteiger partial charge in [-0.1, -0.05) is 6.07 Å². The quantitative estimate of drug-likeness (QED) is 0.442. The molecule has 108 valence electrons. The van der Waals surface area contributed by atoms with Crippen molar-refractivity contribution < 1.29 is 4.74 Å². The molecule has 2 rings (SSSR count). The Morgan fingerprint density at radius 3 is 3.16 bits per heavy atom. The standard InChI is InChI=1S/C13H21N3OS.HI/c14-13(15-7-5-11-3-1-9-17-11)16-8-6-12-4-2-10-18-12;/h2,4,10-11H,1,3,5-9H2,(H3,14,15,16);1H. The van der Waals surface area contributed by atoms with E-state index in [9.17, 15) is 0 Å². The highest BCUT2D eigenvalue weighted by Crippen LogP contribution is 2.14. The molecule has 2 heterocycles. The van der Waals surface area contributed by atoms with E-state index in [0.717, 1.165) is 32.5 Å². The first-order valence-electron chi connectivity index (χ1n) is 6.52. The zero-order chi connectivity index (χ0) is 12.6. The Labute approximate surface area is 135 Å². The molecular weight excluding hydrogens is 373 g/mol. The lowest BCUT2D eigenvalue weighted by Gasteiger charge is -2.08. The fourth-order valence-corrected chi connectivity index (χ4v) is 2.73. The molecule has 1 aromatic rings. The van der Waals surface area contributed by atoms with Crippen molar-refractivity contribution in [2.75, 3.05) is 19.7 Å². The number of nitrogens with one attached hydrogen (secondary N) is 1. The first-order valence-corrected chi connectivity index (χ1v) is 7.40. The van der Waals surface area contributed by atoms with Crippen molar-refractivity contribution in [1.82, 2.24) is 5.32 Å². The Morgan fingerprint density at radius 2 is 2.47 bits per heavy atom. The van der Waals surface area contributed by atoms with Gasteiger partial charge in [-0.15, -0.1) is 35.3 Å². The fraction of sp³-hybridized carbons (Fsp3) is 0.615. The Kier molecular flexibility index (Phi) is 8.40. The van der Waals surface area contributed by atoms with Gasteiger partial charge >= 0.3 is 0 Å². The summed E-state index contributed by atoms with van der Waals surface area (Å²) < 4.78 is 5.54. The van der Waals surface area contributed by atoms with Crippen molar-refractivity contribution in [2.24, 2.45) is 10.7 Å². The number of hydrogen-bond acceptors (Lipinski definition) is 3. The number of nitrogens with zero attached hydrogens (tertiary/aromatic N) is 1. The lowest BCUT2D eigenvalue weighted by molar-refractivity contribution is 0.106. The first-order chi connectivity index (χ1) is 8.84. The Balaban J connectivity index is 0.00000180. The molecule has 0 saturated carbocycles. The molecule has 1 aliphatic heterocycles. The zero-order valence-corrected chi connectivity index (χ0v) is 14.2. The van der Waals surface area contributed by atoms with Crippen molar-refractivity contribution >= 4 is 41.3 Å². The Hall–Kier alpha value is -0.340. The molecule has 3 N–H and O–H groups in total. The van der Waals surface area contributed by atoms with Crippen LogP contribution >= 0.6 is 35.3 Å². The molecule has 0 spiro atoms. The molecule has 1 saturated heterocycles. The van der Waals surface area contributed by atoms with E-state index >= 15 is 0 Å².